The van der Waals surface area contributed by atoms with Crippen molar-refractivity contribution < 1.29 is 8.42 Å². The third-order valence-corrected chi connectivity index (χ3v) is 6.73. The van der Waals surface area contributed by atoms with Crippen molar-refractivity contribution in [2.75, 3.05) is 11.0 Å². The van der Waals surface area contributed by atoms with Crippen LogP contribution >= 0.6 is 0 Å². The second kappa shape index (κ2) is 8.79. The molecule has 2 aromatic heterocycles. The number of anilines is 1. The van der Waals surface area contributed by atoms with Crippen LogP contribution in [0, 0.1) is 0 Å². The summed E-state index contributed by atoms with van der Waals surface area (Å²) >= 11 is 0. The van der Waals surface area contributed by atoms with Crippen molar-refractivity contribution in [1.82, 2.24) is 18.9 Å². The molecule has 3 aromatic rings. The lowest BCUT2D eigenvalue weighted by atomic mass is 9.92. The molecule has 0 unspecified atom stereocenters. The van der Waals surface area contributed by atoms with Crippen LogP contribution in [0.25, 0.3) is 27.7 Å². The molecule has 1 aliphatic rings. The minimum atomic E-state index is -3.56. The van der Waals surface area contributed by atoms with E-state index in [1.54, 1.807) is 24.7 Å². The van der Waals surface area contributed by atoms with Gasteiger partial charge >= 0.3 is 5.69 Å². The molecule has 34 heavy (non-hydrogen) atoms. The Kier molecular flexibility index (Phi) is 6.16. The molecular weight excluding hydrogens is 450 g/mol. The maximum atomic E-state index is 13.0. The van der Waals surface area contributed by atoms with Crippen LogP contribution in [0.2, 0.25) is 0 Å². The number of hydrogen-bond acceptors (Lipinski definition) is 4. The molecule has 180 valence electrons. The zero-order valence-corrected chi connectivity index (χ0v) is 21.1. The van der Waals surface area contributed by atoms with Gasteiger partial charge in [0.15, 0.2) is 0 Å². The largest absolute Gasteiger partial charge is 0.329 e. The molecule has 0 radical (unpaired) electrons. The van der Waals surface area contributed by atoms with E-state index in [-0.39, 0.29) is 11.7 Å². The van der Waals surface area contributed by atoms with Crippen molar-refractivity contribution in [3.8, 4) is 11.1 Å². The number of benzene rings is 1. The Labute approximate surface area is 199 Å². The maximum Gasteiger partial charge on any atom is 0.329 e. The first-order valence-corrected chi connectivity index (χ1v) is 13.1. The van der Waals surface area contributed by atoms with E-state index in [1.807, 2.05) is 48.8 Å². The van der Waals surface area contributed by atoms with Crippen molar-refractivity contribution in [2.24, 2.45) is 14.1 Å². The number of nitrogens with one attached hydrogen (secondary N) is 1. The lowest BCUT2D eigenvalue weighted by Gasteiger charge is -2.26. The van der Waals surface area contributed by atoms with Crippen molar-refractivity contribution in [3.05, 3.63) is 64.8 Å². The number of aryl methyl sites for hydroxylation is 2. The fraction of sp³-hybridized carbons (Fsp3) is 0.360. The van der Waals surface area contributed by atoms with Gasteiger partial charge in [-0.1, -0.05) is 36.4 Å². The molecule has 0 bridgehead atoms. The number of nitrogens with zero attached hydrogens (tertiary/aromatic N) is 4. The van der Waals surface area contributed by atoms with Gasteiger partial charge in [-0.25, -0.2) is 13.2 Å². The lowest BCUT2D eigenvalue weighted by Crippen LogP contribution is -2.29. The average molecular weight is 482 g/mol. The molecule has 8 nitrogen and oxygen atoms in total. The molecule has 0 amide bonds. The highest BCUT2D eigenvalue weighted by Crippen LogP contribution is 2.39. The van der Waals surface area contributed by atoms with Crippen LogP contribution in [-0.2, 0) is 24.1 Å². The number of imidazole rings is 1. The minimum absolute atomic E-state index is 0.0328. The second-order valence-corrected chi connectivity index (χ2v) is 10.9. The number of rotatable bonds is 7. The van der Waals surface area contributed by atoms with Gasteiger partial charge < -0.3 is 0 Å². The normalized spacial score (nSPS) is 14.8. The molecule has 1 fully saturated rings. The highest BCUT2D eigenvalue weighted by Gasteiger charge is 2.26. The summed E-state index contributed by atoms with van der Waals surface area (Å²) in [6.07, 6.45) is 9.79. The summed E-state index contributed by atoms with van der Waals surface area (Å²) in [5.41, 5.74) is 5.55. The quantitative estimate of drug-likeness (QED) is 0.507. The Balaban J connectivity index is 2.01. The molecule has 2 heterocycles. The van der Waals surface area contributed by atoms with Crippen molar-refractivity contribution in [1.29, 1.82) is 0 Å². The van der Waals surface area contributed by atoms with E-state index in [4.69, 9.17) is 0 Å². The first kappa shape index (κ1) is 23.8. The Morgan fingerprint density at radius 3 is 2.47 bits per heavy atom. The summed E-state index contributed by atoms with van der Waals surface area (Å²) in [4.78, 5) is 13.0. The summed E-state index contributed by atoms with van der Waals surface area (Å²) < 4.78 is 32.1. The summed E-state index contributed by atoms with van der Waals surface area (Å²) in [5, 5.41) is 4.67. The van der Waals surface area contributed by atoms with Gasteiger partial charge in [-0.3, -0.25) is 18.5 Å². The molecule has 9 heteroatoms. The van der Waals surface area contributed by atoms with Crippen LogP contribution < -0.4 is 10.4 Å². The maximum absolute atomic E-state index is 13.0. The van der Waals surface area contributed by atoms with E-state index >= 15 is 0 Å². The van der Waals surface area contributed by atoms with Crippen LogP contribution in [0.5, 0.6) is 0 Å². The standard InChI is InChI=1S/C25H31N5O3S/c1-7-9-18(14-16(2)3)23-22(24(29(5)26-23)27-34(6,32)33)17-12-13-20-21(15-17)28(4)25(31)30(20)19-10-8-11-19/h7,9,12-15,19,27H,1,8,10-11H2,2-6H3/b18-9+. The summed E-state index contributed by atoms with van der Waals surface area (Å²) in [7, 11) is -0.0856. The molecular formula is C25H31N5O3S. The summed E-state index contributed by atoms with van der Waals surface area (Å²) in [5.74, 6) is 0.359. The molecule has 4 rings (SSSR count). The van der Waals surface area contributed by atoms with E-state index in [2.05, 4.69) is 16.4 Å². The number of fused-ring (bicyclic) bond motifs is 1. The van der Waals surface area contributed by atoms with Crippen molar-refractivity contribution in [3.63, 3.8) is 0 Å². The van der Waals surface area contributed by atoms with Crippen LogP contribution in [0.15, 0.2) is 53.4 Å². The molecule has 1 N–H and O–H groups in total. The van der Waals surface area contributed by atoms with Gasteiger partial charge in [0.1, 0.15) is 11.5 Å². The molecule has 0 saturated heterocycles. The van der Waals surface area contributed by atoms with E-state index in [0.717, 1.165) is 53.3 Å². The zero-order valence-electron chi connectivity index (χ0n) is 20.3. The Morgan fingerprint density at radius 2 is 1.91 bits per heavy atom. The molecule has 0 aliphatic heterocycles. The Morgan fingerprint density at radius 1 is 1.21 bits per heavy atom. The Hall–Kier alpha value is -3.33. The van der Waals surface area contributed by atoms with E-state index < -0.39 is 10.0 Å². The fourth-order valence-electron chi connectivity index (χ4n) is 4.44. The average Bonchev–Trinajstić information content (AvgIpc) is 3.14. The van der Waals surface area contributed by atoms with Gasteiger partial charge in [0, 0.05) is 25.7 Å². The first-order chi connectivity index (χ1) is 16.0. The van der Waals surface area contributed by atoms with Gasteiger partial charge in [-0.15, -0.1) is 0 Å². The second-order valence-electron chi connectivity index (χ2n) is 9.15. The number of allylic oxidation sites excluding steroid dienone is 5. The highest BCUT2D eigenvalue weighted by atomic mass is 32.2. The van der Waals surface area contributed by atoms with Crippen LogP contribution in [0.1, 0.15) is 44.8 Å². The first-order valence-electron chi connectivity index (χ1n) is 11.3. The van der Waals surface area contributed by atoms with Gasteiger partial charge in [-0.2, -0.15) is 5.10 Å². The summed E-state index contributed by atoms with van der Waals surface area (Å²) in [6, 6.07) is 6.05. The molecule has 1 aliphatic carbocycles. The molecule has 0 atom stereocenters. The number of hydrogen-bond donors (Lipinski definition) is 1. The van der Waals surface area contributed by atoms with Gasteiger partial charge in [0.25, 0.3) is 0 Å². The van der Waals surface area contributed by atoms with E-state index in [0.29, 0.717) is 17.1 Å². The predicted octanol–water partition coefficient (Wildman–Crippen LogP) is 4.37. The lowest BCUT2D eigenvalue weighted by molar-refractivity contribution is 0.312. The van der Waals surface area contributed by atoms with E-state index in [1.165, 1.54) is 4.68 Å². The molecule has 1 aromatic carbocycles. The highest BCUT2D eigenvalue weighted by molar-refractivity contribution is 7.92. The predicted molar refractivity (Wildman–Crippen MR) is 138 cm³/mol. The van der Waals surface area contributed by atoms with Gasteiger partial charge in [0.05, 0.1) is 22.9 Å². The zero-order chi connectivity index (χ0) is 24.8. The number of aromatic nitrogens is 4. The van der Waals surface area contributed by atoms with Crippen molar-refractivity contribution >= 4 is 32.4 Å². The van der Waals surface area contributed by atoms with E-state index in [9.17, 15) is 13.2 Å². The minimum Gasteiger partial charge on any atom is -0.295 e. The van der Waals surface area contributed by atoms with Crippen molar-refractivity contribution in [2.45, 2.75) is 39.2 Å². The molecule has 0 spiro atoms. The number of sulfonamides is 1. The summed E-state index contributed by atoms with van der Waals surface area (Å²) in [6.45, 7) is 7.80. The monoisotopic (exact) mass is 481 g/mol. The van der Waals surface area contributed by atoms with Gasteiger partial charge in [0.2, 0.25) is 10.0 Å². The molecule has 1 saturated carbocycles. The SMILES string of the molecule is C=C/C=C(\C=C(C)C)c1nn(C)c(NS(C)(=O)=O)c1-c1ccc2c(c1)n(C)c(=O)n2C1CCC1. The third kappa shape index (κ3) is 4.27. The van der Waals surface area contributed by atoms with Crippen LogP contribution in [0.4, 0.5) is 5.82 Å². The fourth-order valence-corrected chi connectivity index (χ4v) is 5.03. The van der Waals surface area contributed by atoms with Crippen LogP contribution in [0.3, 0.4) is 0 Å². The smallest absolute Gasteiger partial charge is 0.295 e. The third-order valence-electron chi connectivity index (χ3n) is 6.16. The van der Waals surface area contributed by atoms with Gasteiger partial charge in [-0.05, 0) is 50.8 Å². The van der Waals surface area contributed by atoms with Crippen LogP contribution in [-0.4, -0.2) is 33.6 Å². The Bertz CT molecular complexity index is 1510. The topological polar surface area (TPSA) is 90.9 Å².